The summed E-state index contributed by atoms with van der Waals surface area (Å²) >= 11 is 0. The molecule has 2 aliphatic rings. The van der Waals surface area contributed by atoms with Gasteiger partial charge in [0.25, 0.3) is 0 Å². The van der Waals surface area contributed by atoms with Crippen molar-refractivity contribution in [3.8, 4) is 0 Å². The molecule has 1 N–H and O–H groups in total. The second-order valence-corrected chi connectivity index (χ2v) is 5.89. The van der Waals surface area contributed by atoms with E-state index in [4.69, 9.17) is 4.98 Å². The molecule has 2 heterocycles. The first-order chi connectivity index (χ1) is 9.81. The number of rotatable bonds is 6. The van der Waals surface area contributed by atoms with Gasteiger partial charge < -0.3 is 10.2 Å². The molecule has 1 aliphatic heterocycles. The summed E-state index contributed by atoms with van der Waals surface area (Å²) in [6, 6.07) is 1.23. The van der Waals surface area contributed by atoms with Crippen molar-refractivity contribution in [2.45, 2.75) is 64.5 Å². The lowest BCUT2D eigenvalue weighted by atomic mass is 10.2. The molecule has 1 aromatic rings. The molecule has 5 heteroatoms. The standard InChI is InChI=1S/C15H25N5/c1-3-13-14(4-2)18-19-15(17-13)20(12-7-8-12)10-11-6-5-9-16-11/h11-12,16H,3-10H2,1-2H3. The van der Waals surface area contributed by atoms with Gasteiger partial charge in [0.2, 0.25) is 5.95 Å². The molecule has 1 aliphatic carbocycles. The first-order valence-electron chi connectivity index (χ1n) is 8.04. The normalized spacial score (nSPS) is 22.2. The molecular weight excluding hydrogens is 250 g/mol. The zero-order valence-corrected chi connectivity index (χ0v) is 12.6. The van der Waals surface area contributed by atoms with Crippen molar-refractivity contribution in [3.63, 3.8) is 0 Å². The number of hydrogen-bond acceptors (Lipinski definition) is 5. The Hall–Kier alpha value is -1.23. The van der Waals surface area contributed by atoms with Gasteiger partial charge in [-0.05, 0) is 45.1 Å². The summed E-state index contributed by atoms with van der Waals surface area (Å²) in [4.78, 5) is 7.17. The van der Waals surface area contributed by atoms with Crippen molar-refractivity contribution in [1.29, 1.82) is 0 Å². The van der Waals surface area contributed by atoms with Crippen molar-refractivity contribution < 1.29 is 0 Å². The van der Waals surface area contributed by atoms with Gasteiger partial charge in [0.15, 0.2) is 0 Å². The quantitative estimate of drug-likeness (QED) is 0.856. The number of hydrogen-bond donors (Lipinski definition) is 1. The SMILES string of the molecule is CCc1nnc(N(CC2CCCN2)C2CC2)nc1CC. The van der Waals surface area contributed by atoms with Crippen LogP contribution in [0.15, 0.2) is 0 Å². The van der Waals surface area contributed by atoms with Crippen LogP contribution in [0.3, 0.4) is 0 Å². The molecule has 0 aromatic carbocycles. The Kier molecular flexibility index (Phi) is 4.15. The van der Waals surface area contributed by atoms with E-state index in [1.165, 1.54) is 25.7 Å². The van der Waals surface area contributed by atoms with E-state index in [2.05, 4.69) is 34.3 Å². The average molecular weight is 275 g/mol. The summed E-state index contributed by atoms with van der Waals surface area (Å²) in [6.07, 6.45) is 6.95. The molecule has 20 heavy (non-hydrogen) atoms. The topological polar surface area (TPSA) is 53.9 Å². The van der Waals surface area contributed by atoms with Gasteiger partial charge in [0, 0.05) is 18.6 Å². The van der Waals surface area contributed by atoms with E-state index >= 15 is 0 Å². The van der Waals surface area contributed by atoms with E-state index < -0.39 is 0 Å². The Labute approximate surface area is 121 Å². The predicted molar refractivity (Wildman–Crippen MR) is 80.0 cm³/mol. The Bertz CT molecular complexity index is 452. The summed E-state index contributed by atoms with van der Waals surface area (Å²) in [5.41, 5.74) is 2.16. The fourth-order valence-electron chi connectivity index (χ4n) is 2.98. The number of anilines is 1. The van der Waals surface area contributed by atoms with Crippen LogP contribution in [0.25, 0.3) is 0 Å². The lowest BCUT2D eigenvalue weighted by Crippen LogP contribution is -2.40. The Morgan fingerprint density at radius 1 is 1.10 bits per heavy atom. The van der Waals surface area contributed by atoms with Crippen LogP contribution in [-0.2, 0) is 12.8 Å². The maximum absolute atomic E-state index is 4.79. The Balaban J connectivity index is 1.79. The first-order valence-corrected chi connectivity index (χ1v) is 8.04. The predicted octanol–water partition coefficient (Wildman–Crippen LogP) is 1.72. The Morgan fingerprint density at radius 2 is 1.90 bits per heavy atom. The molecule has 2 fully saturated rings. The fourth-order valence-corrected chi connectivity index (χ4v) is 2.98. The van der Waals surface area contributed by atoms with Crippen LogP contribution >= 0.6 is 0 Å². The maximum Gasteiger partial charge on any atom is 0.245 e. The highest BCUT2D eigenvalue weighted by molar-refractivity contribution is 5.35. The molecular formula is C15H25N5. The summed E-state index contributed by atoms with van der Waals surface area (Å²) in [6.45, 7) is 6.44. The second kappa shape index (κ2) is 6.04. The largest absolute Gasteiger partial charge is 0.335 e. The minimum atomic E-state index is 0.593. The zero-order valence-electron chi connectivity index (χ0n) is 12.6. The number of aryl methyl sites for hydroxylation is 2. The molecule has 3 rings (SSSR count). The highest BCUT2D eigenvalue weighted by Crippen LogP contribution is 2.30. The summed E-state index contributed by atoms with van der Waals surface area (Å²) in [5, 5.41) is 12.4. The lowest BCUT2D eigenvalue weighted by molar-refractivity contribution is 0.567. The molecule has 1 saturated carbocycles. The number of aromatic nitrogens is 3. The van der Waals surface area contributed by atoms with Crippen LogP contribution in [0.5, 0.6) is 0 Å². The van der Waals surface area contributed by atoms with Gasteiger partial charge in [-0.2, -0.15) is 5.10 Å². The monoisotopic (exact) mass is 275 g/mol. The summed E-state index contributed by atoms with van der Waals surface area (Å²) < 4.78 is 0. The third-order valence-corrected chi connectivity index (χ3v) is 4.32. The van der Waals surface area contributed by atoms with Gasteiger partial charge in [-0.25, -0.2) is 4.98 Å². The highest BCUT2D eigenvalue weighted by Gasteiger charge is 2.33. The second-order valence-electron chi connectivity index (χ2n) is 5.89. The maximum atomic E-state index is 4.79. The molecule has 0 radical (unpaired) electrons. The third kappa shape index (κ3) is 2.92. The molecule has 1 unspecified atom stereocenters. The number of nitrogens with one attached hydrogen (secondary N) is 1. The van der Waals surface area contributed by atoms with E-state index in [1.807, 2.05) is 0 Å². The molecule has 0 spiro atoms. The van der Waals surface area contributed by atoms with Gasteiger partial charge in [0.05, 0.1) is 11.4 Å². The molecule has 0 bridgehead atoms. The van der Waals surface area contributed by atoms with Gasteiger partial charge in [-0.1, -0.05) is 13.8 Å². The van der Waals surface area contributed by atoms with Crippen molar-refractivity contribution in [2.75, 3.05) is 18.0 Å². The molecule has 0 amide bonds. The van der Waals surface area contributed by atoms with Crippen LogP contribution in [0, 0.1) is 0 Å². The minimum absolute atomic E-state index is 0.593. The molecule has 1 aromatic heterocycles. The molecule has 110 valence electrons. The van der Waals surface area contributed by atoms with E-state index in [9.17, 15) is 0 Å². The minimum Gasteiger partial charge on any atom is -0.335 e. The lowest BCUT2D eigenvalue weighted by Gasteiger charge is -2.25. The van der Waals surface area contributed by atoms with Gasteiger partial charge in [-0.3, -0.25) is 0 Å². The van der Waals surface area contributed by atoms with Crippen LogP contribution in [-0.4, -0.2) is 40.4 Å². The van der Waals surface area contributed by atoms with Crippen LogP contribution in [0.2, 0.25) is 0 Å². The van der Waals surface area contributed by atoms with Gasteiger partial charge in [-0.15, -0.1) is 5.10 Å². The van der Waals surface area contributed by atoms with E-state index in [-0.39, 0.29) is 0 Å². The average Bonchev–Trinajstić information content (AvgIpc) is 3.20. The first kappa shape index (κ1) is 13.7. The summed E-state index contributed by atoms with van der Waals surface area (Å²) in [7, 11) is 0. The van der Waals surface area contributed by atoms with E-state index in [1.54, 1.807) is 0 Å². The third-order valence-electron chi connectivity index (χ3n) is 4.32. The zero-order chi connectivity index (χ0) is 13.9. The molecule has 1 saturated heterocycles. The fraction of sp³-hybridized carbons (Fsp3) is 0.800. The molecule has 5 nitrogen and oxygen atoms in total. The summed E-state index contributed by atoms with van der Waals surface area (Å²) in [5.74, 6) is 0.843. The van der Waals surface area contributed by atoms with Gasteiger partial charge in [0.1, 0.15) is 0 Å². The van der Waals surface area contributed by atoms with Crippen molar-refractivity contribution in [2.24, 2.45) is 0 Å². The van der Waals surface area contributed by atoms with E-state index in [0.29, 0.717) is 12.1 Å². The smallest absolute Gasteiger partial charge is 0.245 e. The van der Waals surface area contributed by atoms with Crippen LogP contribution < -0.4 is 10.2 Å². The Morgan fingerprint density at radius 3 is 2.50 bits per heavy atom. The number of nitrogens with zero attached hydrogens (tertiary/aromatic N) is 4. The van der Waals surface area contributed by atoms with Crippen LogP contribution in [0.4, 0.5) is 5.95 Å². The van der Waals surface area contributed by atoms with Crippen molar-refractivity contribution in [3.05, 3.63) is 11.4 Å². The van der Waals surface area contributed by atoms with Crippen molar-refractivity contribution >= 4 is 5.95 Å². The highest BCUT2D eigenvalue weighted by atomic mass is 15.4. The van der Waals surface area contributed by atoms with Crippen LogP contribution in [0.1, 0.15) is 50.9 Å². The van der Waals surface area contributed by atoms with E-state index in [0.717, 1.165) is 43.3 Å². The van der Waals surface area contributed by atoms with Gasteiger partial charge >= 0.3 is 0 Å². The molecule has 1 atom stereocenters. The van der Waals surface area contributed by atoms with Crippen molar-refractivity contribution in [1.82, 2.24) is 20.5 Å².